The molecule has 1 aromatic heterocycles. The third-order valence-electron chi connectivity index (χ3n) is 4.40. The van der Waals surface area contributed by atoms with E-state index in [1.54, 1.807) is 0 Å². The highest BCUT2D eigenvalue weighted by atomic mass is 19.1. The third-order valence-corrected chi connectivity index (χ3v) is 4.40. The Balaban J connectivity index is 2.33. The molecule has 0 saturated carbocycles. The average Bonchev–Trinajstić information content (AvgIpc) is 2.66. The van der Waals surface area contributed by atoms with Crippen LogP contribution in [0.3, 0.4) is 0 Å². The first-order valence-corrected chi connectivity index (χ1v) is 8.65. The summed E-state index contributed by atoms with van der Waals surface area (Å²) in [7, 11) is 1.33. The lowest BCUT2D eigenvalue weighted by Gasteiger charge is -2.15. The number of methoxy groups -OCH3 is 1. The molecule has 0 unspecified atom stereocenters. The van der Waals surface area contributed by atoms with E-state index >= 15 is 0 Å². The molecule has 0 atom stereocenters. The molecule has 1 heterocycles. The molecule has 0 spiro atoms. The third kappa shape index (κ3) is 3.17. The fourth-order valence-electron chi connectivity index (χ4n) is 3.11. The number of nitrogens with zero attached hydrogens (tertiary/aromatic N) is 1. The summed E-state index contributed by atoms with van der Waals surface area (Å²) in [6, 6.07) is 6.55. The first kappa shape index (κ1) is 19.3. The molecule has 28 heavy (non-hydrogen) atoms. The Hall–Kier alpha value is -3.42. The number of halogens is 2. The number of rotatable bonds is 5. The number of nitrogens with two attached hydrogens (primary N) is 1. The van der Waals surface area contributed by atoms with Gasteiger partial charge in [-0.25, -0.2) is 8.78 Å². The number of carbonyl (C=O) groups excluding carboxylic acids is 1. The van der Waals surface area contributed by atoms with Gasteiger partial charge in [0.15, 0.2) is 6.20 Å². The Kier molecular flexibility index (Phi) is 5.30. The summed E-state index contributed by atoms with van der Waals surface area (Å²) in [6.07, 6.45) is 1.71. The predicted molar refractivity (Wildman–Crippen MR) is 102 cm³/mol. The molecular weight excluding hydrogens is 368 g/mol. The molecule has 8 heteroatoms. The Morgan fingerprint density at radius 3 is 2.57 bits per heavy atom. The number of hydrogen-bond acceptors (Lipinski definition) is 4. The number of carbonyl (C=O) groups is 1. The van der Waals surface area contributed by atoms with Crippen molar-refractivity contribution in [1.82, 2.24) is 5.32 Å². The number of anilines is 1. The van der Waals surface area contributed by atoms with E-state index in [2.05, 4.69) is 5.32 Å². The number of benzene rings is 2. The van der Waals surface area contributed by atoms with Crippen molar-refractivity contribution in [2.75, 3.05) is 19.4 Å². The van der Waals surface area contributed by atoms with Crippen LogP contribution in [0, 0.1) is 16.8 Å². The number of amides is 1. The number of fused-ring (bicyclic) bond motifs is 1. The lowest BCUT2D eigenvalue weighted by molar-refractivity contribution is -0.605. The van der Waals surface area contributed by atoms with Gasteiger partial charge in [0.1, 0.15) is 23.1 Å². The van der Waals surface area contributed by atoms with Crippen LogP contribution < -0.4 is 20.5 Å². The maximum atomic E-state index is 14.7. The van der Waals surface area contributed by atoms with Crippen molar-refractivity contribution in [3.63, 3.8) is 0 Å². The number of hydrogen-bond donors (Lipinski definition) is 2. The number of pyridine rings is 1. The van der Waals surface area contributed by atoms with E-state index in [1.807, 2.05) is 6.92 Å². The van der Waals surface area contributed by atoms with Gasteiger partial charge >= 0.3 is 11.6 Å². The maximum Gasteiger partial charge on any atom is 0.319 e. The van der Waals surface area contributed by atoms with Crippen molar-refractivity contribution in [3.05, 3.63) is 59.1 Å². The van der Waals surface area contributed by atoms with Gasteiger partial charge in [-0.1, -0.05) is 13.0 Å². The van der Waals surface area contributed by atoms with Crippen LogP contribution >= 0.6 is 0 Å². The minimum absolute atomic E-state index is 0.0722. The summed E-state index contributed by atoms with van der Waals surface area (Å²) in [5.41, 5.74) is 5.37. The molecule has 0 radical (unpaired) electrons. The normalized spacial score (nSPS) is 10.9. The standard InChI is InChI=1S/C20H19F2N3O3/c1-3-9-24-20(26)19-18(23)11-7-8-14(22)16(12(11)10-25(19)27)17-13(21)5-4-6-15(17)28-2/h4-8,10H,3,9,23H2,1-2H3,(H,24,26). The molecule has 2 aromatic carbocycles. The molecule has 1 amide bonds. The highest BCUT2D eigenvalue weighted by Gasteiger charge is 2.27. The average molecular weight is 387 g/mol. The molecule has 6 nitrogen and oxygen atoms in total. The van der Waals surface area contributed by atoms with Crippen LogP contribution in [0.2, 0.25) is 0 Å². The second kappa shape index (κ2) is 7.67. The summed E-state index contributed by atoms with van der Waals surface area (Å²) in [5, 5.41) is 15.4. The lowest BCUT2D eigenvalue weighted by Crippen LogP contribution is -2.40. The Morgan fingerprint density at radius 1 is 1.18 bits per heavy atom. The van der Waals surface area contributed by atoms with Gasteiger partial charge in [0.2, 0.25) is 0 Å². The Labute approximate surface area is 160 Å². The van der Waals surface area contributed by atoms with Gasteiger partial charge in [0.05, 0.1) is 18.1 Å². The van der Waals surface area contributed by atoms with Crippen LogP contribution in [-0.2, 0) is 0 Å². The van der Waals surface area contributed by atoms with Crippen LogP contribution in [0.25, 0.3) is 21.9 Å². The summed E-state index contributed by atoms with van der Waals surface area (Å²) < 4.78 is 34.7. The van der Waals surface area contributed by atoms with Gasteiger partial charge in [0.25, 0.3) is 0 Å². The van der Waals surface area contributed by atoms with Crippen molar-refractivity contribution in [1.29, 1.82) is 0 Å². The minimum atomic E-state index is -0.751. The summed E-state index contributed by atoms with van der Waals surface area (Å²) in [5.74, 6) is -2.00. The second-order valence-corrected chi connectivity index (χ2v) is 6.17. The molecule has 0 aliphatic rings. The van der Waals surface area contributed by atoms with E-state index in [1.165, 1.54) is 25.3 Å². The van der Waals surface area contributed by atoms with Gasteiger partial charge in [-0.15, -0.1) is 0 Å². The van der Waals surface area contributed by atoms with Crippen LogP contribution in [0.4, 0.5) is 14.5 Å². The molecule has 0 aliphatic heterocycles. The Bertz CT molecular complexity index is 1070. The highest BCUT2D eigenvalue weighted by molar-refractivity contribution is 6.08. The van der Waals surface area contributed by atoms with E-state index in [4.69, 9.17) is 10.5 Å². The van der Waals surface area contributed by atoms with Crippen molar-refractivity contribution in [2.45, 2.75) is 13.3 Å². The van der Waals surface area contributed by atoms with E-state index in [0.717, 1.165) is 18.3 Å². The number of nitrogens with one attached hydrogen (secondary N) is 1. The minimum Gasteiger partial charge on any atom is -0.618 e. The van der Waals surface area contributed by atoms with Crippen LogP contribution in [0.5, 0.6) is 5.75 Å². The van der Waals surface area contributed by atoms with Crippen LogP contribution in [0.15, 0.2) is 36.5 Å². The van der Waals surface area contributed by atoms with Crippen LogP contribution in [0.1, 0.15) is 23.8 Å². The zero-order chi connectivity index (χ0) is 20.4. The number of aromatic nitrogens is 1. The topological polar surface area (TPSA) is 91.3 Å². The first-order chi connectivity index (χ1) is 13.4. The summed E-state index contributed by atoms with van der Waals surface area (Å²) >= 11 is 0. The van der Waals surface area contributed by atoms with E-state index in [9.17, 15) is 18.8 Å². The molecule has 3 rings (SSSR count). The summed E-state index contributed by atoms with van der Waals surface area (Å²) in [4.78, 5) is 12.3. The predicted octanol–water partition coefficient (Wildman–Crippen LogP) is 3.15. The van der Waals surface area contributed by atoms with Crippen molar-refractivity contribution in [2.24, 2.45) is 0 Å². The smallest absolute Gasteiger partial charge is 0.319 e. The van der Waals surface area contributed by atoms with Crippen molar-refractivity contribution in [3.8, 4) is 16.9 Å². The second-order valence-electron chi connectivity index (χ2n) is 6.17. The van der Waals surface area contributed by atoms with E-state index in [-0.39, 0.29) is 43.8 Å². The molecule has 0 aliphatic carbocycles. The Morgan fingerprint density at radius 2 is 1.89 bits per heavy atom. The van der Waals surface area contributed by atoms with E-state index < -0.39 is 17.5 Å². The molecule has 3 aromatic rings. The zero-order valence-electron chi connectivity index (χ0n) is 15.4. The van der Waals surface area contributed by atoms with Gasteiger partial charge in [0, 0.05) is 17.5 Å². The summed E-state index contributed by atoms with van der Waals surface area (Å²) in [6.45, 7) is 2.24. The highest BCUT2D eigenvalue weighted by Crippen LogP contribution is 2.39. The quantitative estimate of drug-likeness (QED) is 0.520. The monoisotopic (exact) mass is 387 g/mol. The SMILES string of the molecule is CCCNC(=O)c1c(N)c2ccc(F)c(-c3c(F)cccc3OC)c2c[n+]1[O-]. The lowest BCUT2D eigenvalue weighted by atomic mass is 9.96. The van der Waals surface area contributed by atoms with Crippen LogP contribution in [-0.4, -0.2) is 19.6 Å². The van der Waals surface area contributed by atoms with Gasteiger partial charge in [-0.2, -0.15) is 4.73 Å². The first-order valence-electron chi connectivity index (χ1n) is 8.65. The maximum absolute atomic E-state index is 14.7. The number of ether oxygens (including phenoxy) is 1. The van der Waals surface area contributed by atoms with E-state index in [0.29, 0.717) is 13.0 Å². The van der Waals surface area contributed by atoms with Crippen molar-refractivity contribution >= 4 is 22.4 Å². The molecule has 0 saturated heterocycles. The van der Waals surface area contributed by atoms with Gasteiger partial charge in [-0.05, 0) is 30.7 Å². The molecule has 146 valence electrons. The molecular formula is C20H19F2N3O3. The number of nitrogen functional groups attached to an aromatic ring is 1. The van der Waals surface area contributed by atoms with Gasteiger partial charge in [-0.3, -0.25) is 4.79 Å². The molecule has 0 bridgehead atoms. The van der Waals surface area contributed by atoms with Crippen molar-refractivity contribution < 1.29 is 23.0 Å². The largest absolute Gasteiger partial charge is 0.618 e. The van der Waals surface area contributed by atoms with Gasteiger partial charge < -0.3 is 21.0 Å². The molecule has 3 N–H and O–H groups in total. The molecule has 0 fully saturated rings. The zero-order valence-corrected chi connectivity index (χ0v) is 15.4. The fourth-order valence-corrected chi connectivity index (χ4v) is 3.11. The fraction of sp³-hybridized carbons (Fsp3) is 0.200.